The number of fused-ring (bicyclic) bond motifs is 1. The first-order valence-electron chi connectivity index (χ1n) is 8.92. The summed E-state index contributed by atoms with van der Waals surface area (Å²) in [5.74, 6) is 0.804. The smallest absolute Gasteiger partial charge is 0.227 e. The third-order valence-corrected chi connectivity index (χ3v) is 4.47. The Bertz CT molecular complexity index is 890. The number of amides is 1. The number of hydrogen-bond acceptors (Lipinski definition) is 5. The van der Waals surface area contributed by atoms with Crippen molar-refractivity contribution in [3.05, 3.63) is 60.1 Å². The summed E-state index contributed by atoms with van der Waals surface area (Å²) >= 11 is 0. The van der Waals surface area contributed by atoms with Gasteiger partial charge in [0.2, 0.25) is 5.91 Å². The number of pyridine rings is 1. The molecule has 1 aromatic carbocycles. The van der Waals surface area contributed by atoms with Gasteiger partial charge in [0, 0.05) is 49.0 Å². The van der Waals surface area contributed by atoms with Crippen molar-refractivity contribution in [2.75, 3.05) is 34.3 Å². The van der Waals surface area contributed by atoms with Gasteiger partial charge in [0.1, 0.15) is 11.3 Å². The van der Waals surface area contributed by atoms with Gasteiger partial charge in [0.05, 0.1) is 19.8 Å². The molecule has 3 aromatic rings. The van der Waals surface area contributed by atoms with Crippen molar-refractivity contribution in [1.29, 1.82) is 0 Å². The first-order chi connectivity index (χ1) is 13.1. The topological polar surface area (TPSA) is 58.8 Å². The Labute approximate surface area is 159 Å². The summed E-state index contributed by atoms with van der Waals surface area (Å²) in [6, 6.07) is 9.53. The minimum Gasteiger partial charge on any atom is -0.497 e. The van der Waals surface area contributed by atoms with Crippen LogP contribution in [0.1, 0.15) is 11.1 Å². The number of carbonyl (C=O) groups excluding carboxylic acids is 1. The fraction of sp³-hybridized carbons (Fsp3) is 0.333. The van der Waals surface area contributed by atoms with Crippen LogP contribution in [0.3, 0.4) is 0 Å². The van der Waals surface area contributed by atoms with Crippen molar-refractivity contribution in [2.45, 2.75) is 13.0 Å². The van der Waals surface area contributed by atoms with Gasteiger partial charge in [-0.15, -0.1) is 0 Å². The molecule has 0 unspecified atom stereocenters. The molecule has 142 valence electrons. The summed E-state index contributed by atoms with van der Waals surface area (Å²) in [4.78, 5) is 21.1. The second-order valence-electron chi connectivity index (χ2n) is 6.78. The molecule has 0 spiro atoms. The standard InChI is InChI=1S/C21H25N3O3/c1-23(2)9-10-24(14-16-5-4-8-22-13-16)21(25)11-17-15-27-20-12-18(26-3)6-7-19(17)20/h4-8,12-13,15H,9-11,14H2,1-3H3. The van der Waals surface area contributed by atoms with Crippen LogP contribution in [0.4, 0.5) is 0 Å². The van der Waals surface area contributed by atoms with Crippen LogP contribution in [-0.4, -0.2) is 55.0 Å². The Hall–Kier alpha value is -2.86. The molecular weight excluding hydrogens is 342 g/mol. The second-order valence-corrected chi connectivity index (χ2v) is 6.78. The molecule has 2 aromatic heterocycles. The fourth-order valence-electron chi connectivity index (χ4n) is 2.93. The van der Waals surface area contributed by atoms with E-state index in [4.69, 9.17) is 9.15 Å². The largest absolute Gasteiger partial charge is 0.497 e. The molecular formula is C21H25N3O3. The van der Waals surface area contributed by atoms with Gasteiger partial charge < -0.3 is 19.0 Å². The fourth-order valence-corrected chi connectivity index (χ4v) is 2.93. The van der Waals surface area contributed by atoms with Crippen molar-refractivity contribution < 1.29 is 13.9 Å². The summed E-state index contributed by atoms with van der Waals surface area (Å²) in [7, 11) is 5.63. The molecule has 6 heteroatoms. The number of furan rings is 1. The molecule has 0 bridgehead atoms. The molecule has 0 N–H and O–H groups in total. The highest BCUT2D eigenvalue weighted by molar-refractivity contribution is 5.88. The first kappa shape index (κ1) is 18.9. The molecule has 3 rings (SSSR count). The lowest BCUT2D eigenvalue weighted by atomic mass is 10.1. The summed E-state index contributed by atoms with van der Waals surface area (Å²) in [6.07, 6.45) is 5.50. The van der Waals surface area contributed by atoms with Crippen LogP contribution in [0.25, 0.3) is 11.0 Å². The SMILES string of the molecule is COc1ccc2c(CC(=O)N(CCN(C)C)Cc3cccnc3)coc2c1. The lowest BCUT2D eigenvalue weighted by Crippen LogP contribution is -2.37. The number of methoxy groups -OCH3 is 1. The average Bonchev–Trinajstić information content (AvgIpc) is 3.07. The maximum Gasteiger partial charge on any atom is 0.227 e. The number of likely N-dealkylation sites (N-methyl/N-ethyl adjacent to an activating group) is 1. The first-order valence-corrected chi connectivity index (χ1v) is 8.92. The van der Waals surface area contributed by atoms with Crippen LogP contribution in [-0.2, 0) is 17.8 Å². The van der Waals surface area contributed by atoms with Crippen molar-refractivity contribution in [2.24, 2.45) is 0 Å². The van der Waals surface area contributed by atoms with Gasteiger partial charge in [-0.3, -0.25) is 9.78 Å². The normalized spacial score (nSPS) is 11.1. The zero-order chi connectivity index (χ0) is 19.2. The molecule has 0 aliphatic rings. The molecule has 0 radical (unpaired) electrons. The van der Waals surface area contributed by atoms with E-state index in [-0.39, 0.29) is 5.91 Å². The Kier molecular flexibility index (Phi) is 6.08. The Morgan fingerprint density at radius 2 is 2.07 bits per heavy atom. The predicted octanol–water partition coefficient (Wildman–Crippen LogP) is 2.97. The van der Waals surface area contributed by atoms with E-state index < -0.39 is 0 Å². The highest BCUT2D eigenvalue weighted by Gasteiger charge is 2.18. The minimum absolute atomic E-state index is 0.0687. The Morgan fingerprint density at radius 1 is 1.22 bits per heavy atom. The molecule has 0 aliphatic heterocycles. The van der Waals surface area contributed by atoms with Crippen molar-refractivity contribution >= 4 is 16.9 Å². The quantitative estimate of drug-likeness (QED) is 0.613. The summed E-state index contributed by atoms with van der Waals surface area (Å²) < 4.78 is 10.8. The molecule has 2 heterocycles. The van der Waals surface area contributed by atoms with Gasteiger partial charge in [0.15, 0.2) is 0 Å². The average molecular weight is 367 g/mol. The van der Waals surface area contributed by atoms with E-state index in [1.165, 1.54) is 0 Å². The Morgan fingerprint density at radius 3 is 2.78 bits per heavy atom. The maximum absolute atomic E-state index is 13.0. The molecule has 0 atom stereocenters. The minimum atomic E-state index is 0.0687. The van der Waals surface area contributed by atoms with Crippen molar-refractivity contribution in [1.82, 2.24) is 14.8 Å². The number of aromatic nitrogens is 1. The lowest BCUT2D eigenvalue weighted by molar-refractivity contribution is -0.131. The van der Waals surface area contributed by atoms with E-state index in [0.29, 0.717) is 19.5 Å². The number of hydrogen-bond donors (Lipinski definition) is 0. The van der Waals surface area contributed by atoms with Crippen LogP contribution in [0.5, 0.6) is 5.75 Å². The summed E-state index contributed by atoms with van der Waals surface area (Å²) in [5, 5.41) is 0.943. The highest BCUT2D eigenvalue weighted by atomic mass is 16.5. The van der Waals surface area contributed by atoms with Crippen LogP contribution < -0.4 is 4.74 Å². The van der Waals surface area contributed by atoms with Crippen molar-refractivity contribution in [3.63, 3.8) is 0 Å². The summed E-state index contributed by atoms with van der Waals surface area (Å²) in [5.41, 5.74) is 2.63. The van der Waals surface area contributed by atoms with Gasteiger partial charge in [-0.2, -0.15) is 0 Å². The number of ether oxygens (including phenoxy) is 1. The van der Waals surface area contributed by atoms with Crippen LogP contribution in [0, 0.1) is 0 Å². The van der Waals surface area contributed by atoms with Crippen molar-refractivity contribution in [3.8, 4) is 5.75 Å². The third-order valence-electron chi connectivity index (χ3n) is 4.47. The molecule has 0 aliphatic carbocycles. The van der Waals surface area contributed by atoms with E-state index in [9.17, 15) is 4.79 Å². The molecule has 6 nitrogen and oxygen atoms in total. The van der Waals surface area contributed by atoms with E-state index >= 15 is 0 Å². The van der Waals surface area contributed by atoms with E-state index in [0.717, 1.165) is 34.4 Å². The molecule has 0 fully saturated rings. The van der Waals surface area contributed by atoms with E-state index in [2.05, 4.69) is 9.88 Å². The third kappa shape index (κ3) is 4.86. The van der Waals surface area contributed by atoms with Crippen LogP contribution in [0.2, 0.25) is 0 Å². The molecule has 1 amide bonds. The van der Waals surface area contributed by atoms with Crippen LogP contribution >= 0.6 is 0 Å². The van der Waals surface area contributed by atoms with E-state index in [1.54, 1.807) is 25.8 Å². The van der Waals surface area contributed by atoms with Gasteiger partial charge in [-0.1, -0.05) is 6.07 Å². The van der Waals surface area contributed by atoms with Gasteiger partial charge >= 0.3 is 0 Å². The second kappa shape index (κ2) is 8.68. The zero-order valence-corrected chi connectivity index (χ0v) is 16.0. The maximum atomic E-state index is 13.0. The van der Waals surface area contributed by atoms with Gasteiger partial charge in [-0.25, -0.2) is 0 Å². The highest BCUT2D eigenvalue weighted by Crippen LogP contribution is 2.26. The van der Waals surface area contributed by atoms with E-state index in [1.807, 2.05) is 49.3 Å². The molecule has 0 saturated heterocycles. The predicted molar refractivity (Wildman–Crippen MR) is 105 cm³/mol. The molecule has 0 saturated carbocycles. The number of nitrogens with zero attached hydrogens (tertiary/aromatic N) is 3. The number of rotatable bonds is 8. The zero-order valence-electron chi connectivity index (χ0n) is 16.0. The number of benzene rings is 1. The Balaban J connectivity index is 1.77. The molecule has 27 heavy (non-hydrogen) atoms. The number of carbonyl (C=O) groups is 1. The monoisotopic (exact) mass is 367 g/mol. The van der Waals surface area contributed by atoms with Gasteiger partial charge in [0.25, 0.3) is 0 Å². The summed E-state index contributed by atoms with van der Waals surface area (Å²) in [6.45, 7) is 2.00. The lowest BCUT2D eigenvalue weighted by Gasteiger charge is -2.24. The van der Waals surface area contributed by atoms with Crippen LogP contribution in [0.15, 0.2) is 53.4 Å². The van der Waals surface area contributed by atoms with Gasteiger partial charge in [-0.05, 0) is 37.9 Å².